The number of carbonyl (C=O) groups excluding carboxylic acids is 2. The molecule has 10 heteroatoms. The molecule has 6 nitrogen and oxygen atoms in total. The summed E-state index contributed by atoms with van der Waals surface area (Å²) in [6, 6.07) is 23.4. The van der Waals surface area contributed by atoms with Crippen LogP contribution in [0.1, 0.15) is 23.7 Å². The third-order valence-corrected chi connectivity index (χ3v) is 6.27. The minimum absolute atomic E-state index is 0.0201. The fourth-order valence-electron chi connectivity index (χ4n) is 4.18. The zero-order valence-corrected chi connectivity index (χ0v) is 21.5. The number of hydrogen-bond acceptors (Lipinski definition) is 5. The summed E-state index contributed by atoms with van der Waals surface area (Å²) < 4.78 is 60.4. The van der Waals surface area contributed by atoms with Crippen molar-refractivity contribution in [2.45, 2.75) is 19.4 Å². The number of nitrogens with one attached hydrogen (secondary N) is 1. The van der Waals surface area contributed by atoms with Crippen molar-refractivity contribution in [2.75, 3.05) is 5.32 Å². The fraction of sp³-hybridized carbons (Fsp3) is 0.0968. The molecule has 0 saturated carbocycles. The summed E-state index contributed by atoms with van der Waals surface area (Å²) in [6.07, 6.45) is -1.61. The standard InChI is InChI=1S/C31H21F4N3O3/c1-2-24(30(39)38-29-25(34)20(32)16-21(33)26(29)35)41-31(40)19-13-14-22-23(15-19)37-28(18-11-7-4-8-12-18)27(36-22)17-9-5-3-6-10-17/h3-16,24H,2H2,1H3,(H,38,39). The van der Waals surface area contributed by atoms with E-state index in [-0.39, 0.29) is 18.1 Å². The predicted octanol–water partition coefficient (Wildman–Crippen LogP) is 7.09. The smallest absolute Gasteiger partial charge is 0.338 e. The summed E-state index contributed by atoms with van der Waals surface area (Å²) in [5.41, 5.74) is 2.52. The van der Waals surface area contributed by atoms with Gasteiger partial charge in [-0.1, -0.05) is 67.6 Å². The number of carbonyl (C=O) groups is 2. The van der Waals surface area contributed by atoms with Gasteiger partial charge >= 0.3 is 5.97 Å². The maximum Gasteiger partial charge on any atom is 0.338 e. The largest absolute Gasteiger partial charge is 0.449 e. The maximum absolute atomic E-state index is 14.0. The molecule has 206 valence electrons. The first-order chi connectivity index (χ1) is 19.8. The minimum Gasteiger partial charge on any atom is -0.449 e. The molecule has 41 heavy (non-hydrogen) atoms. The Balaban J connectivity index is 1.44. The van der Waals surface area contributed by atoms with E-state index >= 15 is 0 Å². The lowest BCUT2D eigenvalue weighted by Crippen LogP contribution is -2.33. The highest BCUT2D eigenvalue weighted by molar-refractivity contribution is 5.99. The number of rotatable bonds is 7. The van der Waals surface area contributed by atoms with Crippen LogP contribution in [-0.2, 0) is 9.53 Å². The Bertz CT molecular complexity index is 1740. The first-order valence-electron chi connectivity index (χ1n) is 12.5. The lowest BCUT2D eigenvalue weighted by atomic mass is 10.0. The van der Waals surface area contributed by atoms with Crippen LogP contribution < -0.4 is 5.32 Å². The molecule has 0 aliphatic rings. The maximum atomic E-state index is 14.0. The Morgan fingerprint density at radius 1 is 0.756 bits per heavy atom. The molecule has 0 saturated heterocycles. The van der Waals surface area contributed by atoms with E-state index in [1.807, 2.05) is 60.7 Å². The molecule has 1 N–H and O–H groups in total. The Morgan fingerprint density at radius 2 is 1.29 bits per heavy atom. The molecule has 0 bridgehead atoms. The van der Waals surface area contributed by atoms with Crippen molar-refractivity contribution in [3.63, 3.8) is 0 Å². The lowest BCUT2D eigenvalue weighted by Gasteiger charge is -2.17. The first-order valence-corrected chi connectivity index (χ1v) is 12.5. The SMILES string of the molecule is CCC(OC(=O)c1ccc2nc(-c3ccccc3)c(-c3ccccc3)nc2c1)C(=O)Nc1c(F)c(F)cc(F)c1F. The number of ether oxygens (including phenoxy) is 1. The van der Waals surface area contributed by atoms with Crippen LogP contribution in [0, 0.1) is 23.3 Å². The lowest BCUT2D eigenvalue weighted by molar-refractivity contribution is -0.124. The van der Waals surface area contributed by atoms with E-state index in [9.17, 15) is 27.2 Å². The third-order valence-electron chi connectivity index (χ3n) is 6.27. The van der Waals surface area contributed by atoms with Gasteiger partial charge in [-0.15, -0.1) is 0 Å². The summed E-state index contributed by atoms with van der Waals surface area (Å²) in [5.74, 6) is -9.02. The number of amides is 1. The van der Waals surface area contributed by atoms with Gasteiger partial charge in [0.05, 0.1) is 28.0 Å². The normalized spacial score (nSPS) is 11.7. The summed E-state index contributed by atoms with van der Waals surface area (Å²) >= 11 is 0. The van der Waals surface area contributed by atoms with Crippen LogP contribution in [0.5, 0.6) is 0 Å². The summed E-state index contributed by atoms with van der Waals surface area (Å²) in [4.78, 5) is 35.2. The van der Waals surface area contributed by atoms with Crippen molar-refractivity contribution >= 4 is 28.6 Å². The van der Waals surface area contributed by atoms with Gasteiger partial charge in [-0.05, 0) is 24.6 Å². The fourth-order valence-corrected chi connectivity index (χ4v) is 4.18. The molecule has 0 radical (unpaired) electrons. The molecule has 1 heterocycles. The summed E-state index contributed by atoms with van der Waals surface area (Å²) in [6.45, 7) is 1.49. The zero-order valence-electron chi connectivity index (χ0n) is 21.5. The second-order valence-corrected chi connectivity index (χ2v) is 8.99. The van der Waals surface area contributed by atoms with Crippen molar-refractivity contribution in [3.8, 4) is 22.5 Å². The Labute approximate surface area is 231 Å². The van der Waals surface area contributed by atoms with E-state index in [0.717, 1.165) is 11.1 Å². The molecule has 1 atom stereocenters. The molecule has 4 aromatic carbocycles. The second kappa shape index (κ2) is 11.5. The van der Waals surface area contributed by atoms with Gasteiger partial charge in [0.1, 0.15) is 5.69 Å². The predicted molar refractivity (Wildman–Crippen MR) is 145 cm³/mol. The van der Waals surface area contributed by atoms with Crippen LogP contribution in [0.3, 0.4) is 0 Å². The van der Waals surface area contributed by atoms with Gasteiger partial charge < -0.3 is 10.1 Å². The number of halogens is 4. The minimum atomic E-state index is -1.78. The van der Waals surface area contributed by atoms with Gasteiger partial charge in [-0.2, -0.15) is 0 Å². The Kier molecular flexibility index (Phi) is 7.73. The number of fused-ring (bicyclic) bond motifs is 1. The van der Waals surface area contributed by atoms with Crippen molar-refractivity contribution in [1.29, 1.82) is 0 Å². The van der Waals surface area contributed by atoms with Gasteiger partial charge in [-0.3, -0.25) is 4.79 Å². The van der Waals surface area contributed by atoms with Crippen molar-refractivity contribution in [1.82, 2.24) is 9.97 Å². The molecule has 0 fully saturated rings. The van der Waals surface area contributed by atoms with Crippen LogP contribution in [-0.4, -0.2) is 27.9 Å². The number of nitrogens with zero attached hydrogens (tertiary/aromatic N) is 2. The molecular formula is C31H21F4N3O3. The third kappa shape index (κ3) is 5.62. The Hall–Kier alpha value is -5.12. The van der Waals surface area contributed by atoms with E-state index in [2.05, 4.69) is 0 Å². The van der Waals surface area contributed by atoms with E-state index in [1.54, 1.807) is 11.4 Å². The van der Waals surface area contributed by atoms with Crippen LogP contribution in [0.4, 0.5) is 23.2 Å². The summed E-state index contributed by atoms with van der Waals surface area (Å²) in [5, 5.41) is 1.78. The molecule has 1 unspecified atom stereocenters. The van der Waals surface area contributed by atoms with Crippen molar-refractivity contribution < 1.29 is 31.9 Å². The molecule has 5 rings (SSSR count). The van der Waals surface area contributed by atoms with Crippen molar-refractivity contribution in [2.24, 2.45) is 0 Å². The highest BCUT2D eigenvalue weighted by Crippen LogP contribution is 2.31. The van der Waals surface area contributed by atoms with Crippen LogP contribution in [0.15, 0.2) is 84.9 Å². The topological polar surface area (TPSA) is 81.2 Å². The van der Waals surface area contributed by atoms with Crippen molar-refractivity contribution in [3.05, 3.63) is 114 Å². The molecule has 1 aromatic heterocycles. The van der Waals surface area contributed by atoms with E-state index in [4.69, 9.17) is 14.7 Å². The van der Waals surface area contributed by atoms with E-state index in [1.165, 1.54) is 19.1 Å². The molecule has 0 aliphatic carbocycles. The Morgan fingerprint density at radius 3 is 1.83 bits per heavy atom. The highest BCUT2D eigenvalue weighted by atomic mass is 19.2. The highest BCUT2D eigenvalue weighted by Gasteiger charge is 2.27. The number of esters is 1. The van der Waals surface area contributed by atoms with Crippen LogP contribution in [0.25, 0.3) is 33.5 Å². The number of benzene rings is 4. The molecule has 1 amide bonds. The number of hydrogen-bond donors (Lipinski definition) is 1. The molecule has 0 spiro atoms. The number of aromatic nitrogens is 2. The first kappa shape index (κ1) is 27.4. The van der Waals surface area contributed by atoms with Gasteiger partial charge in [0, 0.05) is 17.2 Å². The second-order valence-electron chi connectivity index (χ2n) is 8.99. The van der Waals surface area contributed by atoms with Gasteiger partial charge in [-0.25, -0.2) is 32.3 Å². The monoisotopic (exact) mass is 559 g/mol. The molecule has 0 aliphatic heterocycles. The molecular weight excluding hydrogens is 538 g/mol. The van der Waals surface area contributed by atoms with Gasteiger partial charge in [0.2, 0.25) is 0 Å². The average molecular weight is 560 g/mol. The van der Waals surface area contributed by atoms with Gasteiger partial charge in [0.15, 0.2) is 29.4 Å². The van der Waals surface area contributed by atoms with Crippen LogP contribution >= 0.6 is 0 Å². The summed E-state index contributed by atoms with van der Waals surface area (Å²) in [7, 11) is 0. The number of anilines is 1. The molecule has 5 aromatic rings. The quantitative estimate of drug-likeness (QED) is 0.131. The van der Waals surface area contributed by atoms with Crippen LogP contribution in [0.2, 0.25) is 0 Å². The van der Waals surface area contributed by atoms with Gasteiger partial charge in [0.25, 0.3) is 5.91 Å². The average Bonchev–Trinajstić information content (AvgIpc) is 3.00. The van der Waals surface area contributed by atoms with E-state index < -0.39 is 46.9 Å². The van der Waals surface area contributed by atoms with E-state index in [0.29, 0.717) is 22.4 Å². The zero-order chi connectivity index (χ0) is 29.1.